The molecule has 5 rings (SSSR count). The molecule has 0 unspecified atom stereocenters. The third kappa shape index (κ3) is 8.65. The smallest absolute Gasteiger partial charge is 0.323 e. The van der Waals surface area contributed by atoms with Gasteiger partial charge in [-0.15, -0.1) is 0 Å². The average molecular weight is 687 g/mol. The van der Waals surface area contributed by atoms with Gasteiger partial charge in [-0.05, 0) is 42.5 Å². The van der Waals surface area contributed by atoms with Crippen LogP contribution in [-0.4, -0.2) is 64.1 Å². The number of nitrogens with one attached hydrogen (secondary N) is 5. The molecule has 254 valence electrons. The van der Waals surface area contributed by atoms with E-state index in [0.29, 0.717) is 45.4 Å². The number of carbonyl (C=O) groups excluding carboxylic acids is 2. The van der Waals surface area contributed by atoms with Gasteiger partial charge in [-0.25, -0.2) is 18.2 Å². The van der Waals surface area contributed by atoms with Crippen molar-refractivity contribution in [1.82, 2.24) is 10.3 Å². The van der Waals surface area contributed by atoms with Gasteiger partial charge in [-0.2, -0.15) is 0 Å². The van der Waals surface area contributed by atoms with E-state index < -0.39 is 16.1 Å². The molecule has 6 N–H and O–H groups in total. The van der Waals surface area contributed by atoms with Crippen molar-refractivity contribution in [2.24, 2.45) is 0 Å². The van der Waals surface area contributed by atoms with E-state index >= 15 is 0 Å². The lowest BCUT2D eigenvalue weighted by Crippen LogP contribution is -2.26. The molecule has 3 amide bonds. The first-order valence-corrected chi connectivity index (χ1v) is 16.7. The lowest BCUT2D eigenvalue weighted by atomic mass is 10.1. The maximum atomic E-state index is 13.1. The van der Waals surface area contributed by atoms with E-state index in [1.807, 2.05) is 24.3 Å². The average Bonchev–Trinajstić information content (AvgIpc) is 3.08. The molecule has 0 aliphatic heterocycles. The number of aliphatic hydroxyl groups is 1. The summed E-state index contributed by atoms with van der Waals surface area (Å²) in [6, 6.07) is 23.4. The van der Waals surface area contributed by atoms with Crippen molar-refractivity contribution >= 4 is 61.3 Å². The van der Waals surface area contributed by atoms with Gasteiger partial charge in [0.05, 0.1) is 49.7 Å². The zero-order valence-corrected chi connectivity index (χ0v) is 27.6. The minimum Gasteiger partial charge on any atom is -0.496 e. The number of nitrogens with zero attached hydrogens (tertiary/aromatic N) is 1. The summed E-state index contributed by atoms with van der Waals surface area (Å²) in [6.45, 7) is -0.0467. The standard InChI is InChI=1S/C34H34N6O8S/c1-46-30-19-21(11-12-25(30)33(42)36-17-18-41)37-31-20-22(15-16-35-31)48-29-14-13-26(23-7-4-5-8-24(23)29)38-34(43)39-27-9-6-10-28(32(27)47-2)40-49(3,44)45/h4-16,19-20,40-41H,17-18H2,1-3H3,(H,35,37)(H,36,42)(H2,38,39,43). The van der Waals surface area contributed by atoms with Crippen molar-refractivity contribution in [3.8, 4) is 23.0 Å². The number of amides is 3. The normalized spacial score (nSPS) is 10.9. The highest BCUT2D eigenvalue weighted by Gasteiger charge is 2.17. The topological polar surface area (TPSA) is 189 Å². The van der Waals surface area contributed by atoms with Crippen LogP contribution in [0.2, 0.25) is 0 Å². The molecule has 0 saturated heterocycles. The molecule has 49 heavy (non-hydrogen) atoms. The summed E-state index contributed by atoms with van der Waals surface area (Å²) in [5.41, 5.74) is 1.89. The number of aromatic nitrogens is 1. The summed E-state index contributed by atoms with van der Waals surface area (Å²) in [7, 11) is -0.746. The summed E-state index contributed by atoms with van der Waals surface area (Å²) in [4.78, 5) is 29.8. The van der Waals surface area contributed by atoms with E-state index in [4.69, 9.17) is 19.3 Å². The quantitative estimate of drug-likeness (QED) is 0.0919. The number of sulfonamides is 1. The Labute approximate surface area is 282 Å². The fourth-order valence-corrected chi connectivity index (χ4v) is 5.48. The molecule has 0 radical (unpaired) electrons. The number of aliphatic hydroxyl groups excluding tert-OH is 1. The molecule has 15 heteroatoms. The first-order chi connectivity index (χ1) is 23.6. The maximum absolute atomic E-state index is 13.1. The Morgan fingerprint density at radius 2 is 1.57 bits per heavy atom. The van der Waals surface area contributed by atoms with Crippen LogP contribution in [-0.2, 0) is 10.0 Å². The number of para-hydroxylation sites is 1. The maximum Gasteiger partial charge on any atom is 0.323 e. The van der Waals surface area contributed by atoms with E-state index in [9.17, 15) is 18.0 Å². The van der Waals surface area contributed by atoms with E-state index in [2.05, 4.69) is 31.0 Å². The van der Waals surface area contributed by atoms with E-state index in [1.54, 1.807) is 60.8 Å². The van der Waals surface area contributed by atoms with Crippen molar-refractivity contribution in [2.45, 2.75) is 0 Å². The molecule has 0 fully saturated rings. The third-order valence-electron chi connectivity index (χ3n) is 6.97. The summed E-state index contributed by atoms with van der Waals surface area (Å²) in [6.07, 6.45) is 2.61. The molecule has 0 aliphatic rings. The van der Waals surface area contributed by atoms with Gasteiger partial charge in [0.2, 0.25) is 10.0 Å². The fourth-order valence-electron chi connectivity index (χ4n) is 4.92. The number of rotatable bonds is 13. The molecule has 14 nitrogen and oxygen atoms in total. The van der Waals surface area contributed by atoms with Crippen molar-refractivity contribution in [1.29, 1.82) is 0 Å². The minimum atomic E-state index is -3.58. The zero-order valence-electron chi connectivity index (χ0n) is 26.7. The fraction of sp³-hybridized carbons (Fsp3) is 0.147. The number of ether oxygens (including phenoxy) is 3. The Kier molecular flexibility index (Phi) is 10.7. The Morgan fingerprint density at radius 1 is 0.816 bits per heavy atom. The number of hydrogen-bond acceptors (Lipinski definition) is 10. The summed E-state index contributed by atoms with van der Waals surface area (Å²) >= 11 is 0. The Balaban J connectivity index is 1.32. The molecular weight excluding hydrogens is 652 g/mol. The number of urea groups is 1. The van der Waals surface area contributed by atoms with Crippen LogP contribution in [0.15, 0.2) is 91.1 Å². The highest BCUT2D eigenvalue weighted by atomic mass is 32.2. The predicted octanol–water partition coefficient (Wildman–Crippen LogP) is 5.53. The van der Waals surface area contributed by atoms with Crippen molar-refractivity contribution in [3.05, 3.63) is 96.7 Å². The van der Waals surface area contributed by atoms with Crippen LogP contribution in [0.3, 0.4) is 0 Å². The van der Waals surface area contributed by atoms with E-state index in [0.717, 1.165) is 11.6 Å². The first kappa shape index (κ1) is 34.3. The Hall–Kier alpha value is -6.06. The lowest BCUT2D eigenvalue weighted by molar-refractivity contribution is 0.0941. The number of carbonyl (C=O) groups is 2. The monoisotopic (exact) mass is 686 g/mol. The predicted molar refractivity (Wildman–Crippen MR) is 188 cm³/mol. The summed E-state index contributed by atoms with van der Waals surface area (Å²) < 4.78 is 43.0. The SMILES string of the molecule is COc1cc(Nc2cc(Oc3ccc(NC(=O)Nc4cccc(NS(C)(=O)=O)c4OC)c4ccccc34)ccn2)ccc1C(=O)NCCO. The molecule has 1 heterocycles. The number of hydrogen-bond donors (Lipinski definition) is 6. The second-order valence-electron chi connectivity index (χ2n) is 10.5. The van der Waals surface area contributed by atoms with Gasteiger partial charge in [0.1, 0.15) is 23.1 Å². The van der Waals surface area contributed by atoms with Crippen LogP contribution in [0.5, 0.6) is 23.0 Å². The first-order valence-electron chi connectivity index (χ1n) is 14.8. The van der Waals surface area contributed by atoms with Crippen LogP contribution < -0.4 is 40.2 Å². The minimum absolute atomic E-state index is 0.127. The molecular formula is C34H34N6O8S. The third-order valence-corrected chi connectivity index (χ3v) is 7.56. The molecule has 4 aromatic carbocycles. The largest absolute Gasteiger partial charge is 0.496 e. The van der Waals surface area contributed by atoms with Gasteiger partial charge in [0.25, 0.3) is 5.91 Å². The van der Waals surface area contributed by atoms with Gasteiger partial charge < -0.3 is 40.6 Å². The van der Waals surface area contributed by atoms with Crippen LogP contribution in [0.25, 0.3) is 10.8 Å². The number of anilines is 5. The van der Waals surface area contributed by atoms with Gasteiger partial charge in [-0.3, -0.25) is 9.52 Å². The Bertz CT molecular complexity index is 2110. The van der Waals surface area contributed by atoms with E-state index in [1.165, 1.54) is 20.3 Å². The van der Waals surface area contributed by atoms with Gasteiger partial charge in [-0.1, -0.05) is 30.3 Å². The summed E-state index contributed by atoms with van der Waals surface area (Å²) in [5.74, 6) is 1.62. The lowest BCUT2D eigenvalue weighted by Gasteiger charge is -2.16. The van der Waals surface area contributed by atoms with Crippen LogP contribution in [0.1, 0.15) is 10.4 Å². The molecule has 1 aromatic heterocycles. The van der Waals surface area contributed by atoms with Crippen molar-refractivity contribution in [3.63, 3.8) is 0 Å². The molecule has 0 atom stereocenters. The highest BCUT2D eigenvalue weighted by Crippen LogP contribution is 2.37. The van der Waals surface area contributed by atoms with Crippen molar-refractivity contribution < 1.29 is 37.3 Å². The van der Waals surface area contributed by atoms with Gasteiger partial charge in [0.15, 0.2) is 5.75 Å². The van der Waals surface area contributed by atoms with Gasteiger partial charge >= 0.3 is 6.03 Å². The highest BCUT2D eigenvalue weighted by molar-refractivity contribution is 7.92. The number of methoxy groups -OCH3 is 2. The van der Waals surface area contributed by atoms with Crippen LogP contribution >= 0.6 is 0 Å². The molecule has 0 saturated carbocycles. The molecule has 0 spiro atoms. The Morgan fingerprint density at radius 3 is 2.31 bits per heavy atom. The van der Waals surface area contributed by atoms with Crippen molar-refractivity contribution in [2.75, 3.05) is 54.3 Å². The van der Waals surface area contributed by atoms with Crippen LogP contribution in [0, 0.1) is 0 Å². The second kappa shape index (κ2) is 15.2. The molecule has 5 aromatic rings. The number of pyridine rings is 1. The molecule has 0 bridgehead atoms. The number of benzene rings is 4. The second-order valence-corrected chi connectivity index (χ2v) is 12.2. The van der Waals surface area contributed by atoms with Crippen LogP contribution in [0.4, 0.5) is 33.4 Å². The van der Waals surface area contributed by atoms with Gasteiger partial charge in [0, 0.05) is 41.3 Å². The van der Waals surface area contributed by atoms with E-state index in [-0.39, 0.29) is 36.2 Å². The number of fused-ring (bicyclic) bond motifs is 1. The molecule has 0 aliphatic carbocycles. The zero-order chi connectivity index (χ0) is 35.0. The summed E-state index contributed by atoms with van der Waals surface area (Å²) in [5, 5.41) is 21.8.